The molecule has 6 heteroatoms. The molecule has 0 atom stereocenters. The second-order valence-corrected chi connectivity index (χ2v) is 5.74. The van der Waals surface area contributed by atoms with E-state index in [-0.39, 0.29) is 57.1 Å². The third-order valence-electron chi connectivity index (χ3n) is 0.990. The standard InChI is InChI=1S/C6H14O3S2.K/c1-6(2)10-4-3-5-11(7,8)9;/h6H,3-5H2,1-2H3,(H,7,8,9);/q;+1/p-1. The Morgan fingerprint density at radius 2 is 1.92 bits per heavy atom. The molecule has 0 aliphatic rings. The Morgan fingerprint density at radius 1 is 1.42 bits per heavy atom. The fourth-order valence-corrected chi connectivity index (χ4v) is 2.02. The molecule has 0 saturated carbocycles. The van der Waals surface area contributed by atoms with Crippen LogP contribution < -0.4 is 51.4 Å². The van der Waals surface area contributed by atoms with Crippen LogP contribution in [-0.2, 0) is 10.1 Å². The smallest absolute Gasteiger partial charge is 0.748 e. The van der Waals surface area contributed by atoms with Gasteiger partial charge in [-0.25, -0.2) is 8.42 Å². The van der Waals surface area contributed by atoms with Crippen LogP contribution in [0.15, 0.2) is 0 Å². The maximum Gasteiger partial charge on any atom is 1.00 e. The van der Waals surface area contributed by atoms with Gasteiger partial charge in [0.25, 0.3) is 0 Å². The van der Waals surface area contributed by atoms with Gasteiger partial charge in [0.15, 0.2) is 0 Å². The van der Waals surface area contributed by atoms with Gasteiger partial charge >= 0.3 is 51.4 Å². The van der Waals surface area contributed by atoms with Crippen molar-refractivity contribution in [2.24, 2.45) is 0 Å². The van der Waals surface area contributed by atoms with E-state index in [4.69, 9.17) is 0 Å². The van der Waals surface area contributed by atoms with Crippen LogP contribution in [0.25, 0.3) is 0 Å². The Bertz CT molecular complexity index is 189. The van der Waals surface area contributed by atoms with Crippen LogP contribution in [0.4, 0.5) is 0 Å². The van der Waals surface area contributed by atoms with Crippen LogP contribution in [0.2, 0.25) is 0 Å². The van der Waals surface area contributed by atoms with E-state index in [0.717, 1.165) is 5.75 Å². The second kappa shape index (κ2) is 8.22. The molecule has 0 aromatic carbocycles. The van der Waals surface area contributed by atoms with Crippen molar-refractivity contribution < 1.29 is 64.4 Å². The van der Waals surface area contributed by atoms with Gasteiger partial charge in [-0.1, -0.05) is 13.8 Å². The van der Waals surface area contributed by atoms with Crippen LogP contribution in [-0.4, -0.2) is 29.7 Å². The van der Waals surface area contributed by atoms with Crippen LogP contribution >= 0.6 is 11.8 Å². The molecule has 0 heterocycles. The van der Waals surface area contributed by atoms with Crippen molar-refractivity contribution in [3.05, 3.63) is 0 Å². The van der Waals surface area contributed by atoms with E-state index < -0.39 is 10.1 Å². The summed E-state index contributed by atoms with van der Waals surface area (Å²) in [5.41, 5.74) is 0. The van der Waals surface area contributed by atoms with E-state index in [9.17, 15) is 13.0 Å². The molecule has 0 unspecified atom stereocenters. The zero-order valence-electron chi connectivity index (χ0n) is 7.74. The molecule has 3 nitrogen and oxygen atoms in total. The van der Waals surface area contributed by atoms with Gasteiger partial charge < -0.3 is 4.55 Å². The van der Waals surface area contributed by atoms with E-state index in [1.54, 1.807) is 11.8 Å². The van der Waals surface area contributed by atoms with Gasteiger partial charge in [-0.2, -0.15) is 11.8 Å². The fraction of sp³-hybridized carbons (Fsp3) is 1.00. The van der Waals surface area contributed by atoms with Gasteiger partial charge in [0.05, 0.1) is 10.1 Å². The first-order valence-electron chi connectivity index (χ1n) is 3.47. The number of rotatable bonds is 5. The summed E-state index contributed by atoms with van der Waals surface area (Å²) in [5, 5.41) is 0.504. The molecule has 0 N–H and O–H groups in total. The zero-order chi connectivity index (χ0) is 8.91. The fourth-order valence-electron chi connectivity index (χ4n) is 0.555. The van der Waals surface area contributed by atoms with Crippen LogP contribution in [0.3, 0.4) is 0 Å². The minimum atomic E-state index is -3.99. The molecule has 0 aliphatic carbocycles. The molecule has 0 spiro atoms. The monoisotopic (exact) mass is 236 g/mol. The molecule has 0 aliphatic heterocycles. The molecule has 0 amide bonds. The van der Waals surface area contributed by atoms with Crippen molar-refractivity contribution in [2.75, 3.05) is 11.5 Å². The molecule has 12 heavy (non-hydrogen) atoms. The predicted octanol–water partition coefficient (Wildman–Crippen LogP) is -1.93. The minimum absolute atomic E-state index is 0. The zero-order valence-corrected chi connectivity index (χ0v) is 12.5. The first kappa shape index (κ1) is 16.3. The Balaban J connectivity index is 0. The summed E-state index contributed by atoms with van der Waals surface area (Å²) >= 11 is 1.67. The third-order valence-corrected chi connectivity index (χ3v) is 2.97. The number of thioether (sulfide) groups is 1. The molecule has 68 valence electrons. The summed E-state index contributed by atoms with van der Waals surface area (Å²) in [4.78, 5) is 0. The van der Waals surface area contributed by atoms with Gasteiger partial charge in [0, 0.05) is 5.75 Å². The van der Waals surface area contributed by atoms with E-state index in [1.165, 1.54) is 0 Å². The van der Waals surface area contributed by atoms with Crippen molar-refractivity contribution >= 4 is 21.9 Å². The summed E-state index contributed by atoms with van der Waals surface area (Å²) in [6.07, 6.45) is 0.467. The van der Waals surface area contributed by atoms with Crippen LogP contribution in [0, 0.1) is 0 Å². The van der Waals surface area contributed by atoms with E-state index in [1.807, 2.05) is 13.8 Å². The van der Waals surface area contributed by atoms with Gasteiger partial charge in [0.1, 0.15) is 0 Å². The van der Waals surface area contributed by atoms with Gasteiger partial charge in [-0.15, -0.1) is 0 Å². The maximum absolute atomic E-state index is 10.1. The van der Waals surface area contributed by atoms with Crippen molar-refractivity contribution in [3.8, 4) is 0 Å². The Hall–Kier alpha value is 1.90. The first-order valence-corrected chi connectivity index (χ1v) is 6.09. The summed E-state index contributed by atoms with van der Waals surface area (Å²) in [5.74, 6) is 0.520. The maximum atomic E-state index is 10.1. The molecular formula is C6H13KO3S2. The average molecular weight is 236 g/mol. The molecule has 0 aromatic rings. The summed E-state index contributed by atoms with van der Waals surface area (Å²) in [7, 11) is -3.99. The normalized spacial score (nSPS) is 11.3. The van der Waals surface area contributed by atoms with Crippen molar-refractivity contribution in [3.63, 3.8) is 0 Å². The van der Waals surface area contributed by atoms with Crippen molar-refractivity contribution in [1.82, 2.24) is 0 Å². The Kier molecular flexibility index (Phi) is 11.2. The topological polar surface area (TPSA) is 57.2 Å². The Morgan fingerprint density at radius 3 is 2.25 bits per heavy atom. The summed E-state index contributed by atoms with van der Waals surface area (Å²) < 4.78 is 30.3. The van der Waals surface area contributed by atoms with Crippen LogP contribution in [0.1, 0.15) is 20.3 Å². The van der Waals surface area contributed by atoms with Gasteiger partial charge in [0.2, 0.25) is 0 Å². The first-order chi connectivity index (χ1) is 4.92. The quantitative estimate of drug-likeness (QED) is 0.317. The van der Waals surface area contributed by atoms with E-state index in [2.05, 4.69) is 0 Å². The van der Waals surface area contributed by atoms with E-state index >= 15 is 0 Å². The molecule has 0 radical (unpaired) electrons. The van der Waals surface area contributed by atoms with E-state index in [0.29, 0.717) is 11.7 Å². The SMILES string of the molecule is CC(C)SCCCS(=O)(=O)[O-].[K+]. The Labute approximate surface area is 121 Å². The van der Waals surface area contributed by atoms with Gasteiger partial charge in [-0.05, 0) is 17.4 Å². The van der Waals surface area contributed by atoms with Gasteiger partial charge in [-0.3, -0.25) is 0 Å². The molecular weight excluding hydrogens is 223 g/mol. The van der Waals surface area contributed by atoms with Crippen molar-refractivity contribution in [1.29, 1.82) is 0 Å². The predicted molar refractivity (Wildman–Crippen MR) is 46.8 cm³/mol. The molecule has 0 saturated heterocycles. The number of hydrogen-bond acceptors (Lipinski definition) is 4. The summed E-state index contributed by atoms with van der Waals surface area (Å²) in [6.45, 7) is 4.08. The molecule has 0 bridgehead atoms. The van der Waals surface area contributed by atoms with Crippen molar-refractivity contribution in [2.45, 2.75) is 25.5 Å². The average Bonchev–Trinajstić information content (AvgIpc) is 1.78. The molecule has 0 aromatic heterocycles. The molecule has 0 fully saturated rings. The summed E-state index contributed by atoms with van der Waals surface area (Å²) in [6, 6.07) is 0. The number of hydrogen-bond donors (Lipinski definition) is 0. The second-order valence-electron chi connectivity index (χ2n) is 2.53. The molecule has 0 rings (SSSR count). The minimum Gasteiger partial charge on any atom is -0.748 e. The van der Waals surface area contributed by atoms with Crippen LogP contribution in [0.5, 0.6) is 0 Å². The largest absolute Gasteiger partial charge is 1.00 e. The third kappa shape index (κ3) is 14.4.